The van der Waals surface area contributed by atoms with E-state index >= 15 is 0 Å². The summed E-state index contributed by atoms with van der Waals surface area (Å²) in [5, 5.41) is 2.72. The van der Waals surface area contributed by atoms with Crippen LogP contribution in [-0.2, 0) is 11.3 Å². The SMILES string of the molecule is COc1cccc(CNC(=O)[C@@H](C)N)c1OC.Cl. The van der Waals surface area contributed by atoms with Gasteiger partial charge in [-0.1, -0.05) is 12.1 Å². The summed E-state index contributed by atoms with van der Waals surface area (Å²) < 4.78 is 10.4. The van der Waals surface area contributed by atoms with Crippen LogP contribution in [-0.4, -0.2) is 26.2 Å². The first-order valence-electron chi connectivity index (χ1n) is 5.33. The fourth-order valence-corrected chi connectivity index (χ4v) is 1.44. The molecule has 0 spiro atoms. The van der Waals surface area contributed by atoms with E-state index in [2.05, 4.69) is 5.32 Å². The quantitative estimate of drug-likeness (QED) is 0.843. The van der Waals surface area contributed by atoms with E-state index in [-0.39, 0.29) is 18.3 Å². The maximum atomic E-state index is 11.4. The summed E-state index contributed by atoms with van der Waals surface area (Å²) in [4.78, 5) is 11.4. The van der Waals surface area contributed by atoms with Crippen LogP contribution in [0.25, 0.3) is 0 Å². The summed E-state index contributed by atoms with van der Waals surface area (Å²) in [5.74, 6) is 1.06. The number of halogens is 1. The molecular formula is C12H19ClN2O3. The van der Waals surface area contributed by atoms with Gasteiger partial charge in [0.05, 0.1) is 20.3 Å². The molecule has 0 saturated carbocycles. The van der Waals surface area contributed by atoms with Crippen LogP contribution in [0, 0.1) is 0 Å². The van der Waals surface area contributed by atoms with Crippen molar-refractivity contribution >= 4 is 18.3 Å². The molecule has 0 unspecified atom stereocenters. The minimum absolute atomic E-state index is 0. The van der Waals surface area contributed by atoms with Crippen molar-refractivity contribution in [3.8, 4) is 11.5 Å². The number of ether oxygens (including phenoxy) is 2. The highest BCUT2D eigenvalue weighted by molar-refractivity contribution is 5.85. The molecule has 1 rings (SSSR count). The lowest BCUT2D eigenvalue weighted by atomic mass is 10.1. The van der Waals surface area contributed by atoms with E-state index in [0.717, 1.165) is 5.56 Å². The van der Waals surface area contributed by atoms with Gasteiger partial charge in [0.15, 0.2) is 11.5 Å². The minimum Gasteiger partial charge on any atom is -0.493 e. The molecule has 5 nitrogen and oxygen atoms in total. The molecule has 1 amide bonds. The monoisotopic (exact) mass is 274 g/mol. The maximum absolute atomic E-state index is 11.4. The van der Waals surface area contributed by atoms with Gasteiger partial charge in [0.25, 0.3) is 0 Å². The molecule has 18 heavy (non-hydrogen) atoms. The third-order valence-electron chi connectivity index (χ3n) is 2.35. The average molecular weight is 275 g/mol. The van der Waals surface area contributed by atoms with E-state index in [0.29, 0.717) is 18.0 Å². The van der Waals surface area contributed by atoms with Gasteiger partial charge in [0.2, 0.25) is 5.91 Å². The van der Waals surface area contributed by atoms with Crippen LogP contribution in [0.15, 0.2) is 18.2 Å². The van der Waals surface area contributed by atoms with Gasteiger partial charge in [-0.25, -0.2) is 0 Å². The Morgan fingerprint density at radius 3 is 2.56 bits per heavy atom. The number of hydrogen-bond donors (Lipinski definition) is 2. The van der Waals surface area contributed by atoms with Crippen molar-refractivity contribution in [3.05, 3.63) is 23.8 Å². The zero-order chi connectivity index (χ0) is 12.8. The van der Waals surface area contributed by atoms with Crippen LogP contribution in [0.3, 0.4) is 0 Å². The van der Waals surface area contributed by atoms with Crippen molar-refractivity contribution in [3.63, 3.8) is 0 Å². The maximum Gasteiger partial charge on any atom is 0.236 e. The van der Waals surface area contributed by atoms with E-state index in [1.54, 1.807) is 27.2 Å². The zero-order valence-corrected chi connectivity index (χ0v) is 11.5. The van der Waals surface area contributed by atoms with Gasteiger partial charge in [0, 0.05) is 12.1 Å². The predicted octanol–water partition coefficient (Wildman–Crippen LogP) is 1.09. The van der Waals surface area contributed by atoms with E-state index in [4.69, 9.17) is 15.2 Å². The van der Waals surface area contributed by atoms with Crippen molar-refractivity contribution in [2.45, 2.75) is 19.5 Å². The molecule has 0 aromatic heterocycles. The van der Waals surface area contributed by atoms with Crippen LogP contribution < -0.4 is 20.5 Å². The summed E-state index contributed by atoms with van der Waals surface area (Å²) in [7, 11) is 3.14. The molecule has 6 heteroatoms. The molecule has 0 saturated heterocycles. The molecule has 0 heterocycles. The lowest BCUT2D eigenvalue weighted by Gasteiger charge is -2.13. The van der Waals surface area contributed by atoms with Gasteiger partial charge in [-0.3, -0.25) is 4.79 Å². The van der Waals surface area contributed by atoms with E-state index in [1.165, 1.54) is 0 Å². The second kappa shape index (κ2) is 7.79. The average Bonchev–Trinajstić information content (AvgIpc) is 2.34. The highest BCUT2D eigenvalue weighted by Gasteiger charge is 2.11. The molecule has 1 aromatic carbocycles. The fraction of sp³-hybridized carbons (Fsp3) is 0.417. The summed E-state index contributed by atoms with van der Waals surface area (Å²) in [6.07, 6.45) is 0. The van der Waals surface area contributed by atoms with Crippen molar-refractivity contribution in [1.29, 1.82) is 0 Å². The summed E-state index contributed by atoms with van der Waals surface area (Å²) in [6.45, 7) is 2.00. The van der Waals surface area contributed by atoms with Crippen LogP contribution in [0.4, 0.5) is 0 Å². The van der Waals surface area contributed by atoms with Crippen LogP contribution >= 0.6 is 12.4 Å². The Kier molecular flexibility index (Phi) is 7.16. The van der Waals surface area contributed by atoms with Crippen molar-refractivity contribution in [2.75, 3.05) is 14.2 Å². The van der Waals surface area contributed by atoms with Gasteiger partial charge in [0.1, 0.15) is 0 Å². The number of rotatable bonds is 5. The highest BCUT2D eigenvalue weighted by atomic mass is 35.5. The standard InChI is InChI=1S/C12H18N2O3.ClH/c1-8(13)12(15)14-7-9-5-4-6-10(16-2)11(9)17-3;/h4-6,8H,7,13H2,1-3H3,(H,14,15);1H/t8-;/m1./s1. The molecule has 3 N–H and O–H groups in total. The lowest BCUT2D eigenvalue weighted by Crippen LogP contribution is -2.37. The minimum atomic E-state index is -0.522. The summed E-state index contributed by atoms with van der Waals surface area (Å²) in [6, 6.07) is 4.99. The van der Waals surface area contributed by atoms with Crippen LogP contribution in [0.1, 0.15) is 12.5 Å². The van der Waals surface area contributed by atoms with E-state index in [9.17, 15) is 4.79 Å². The van der Waals surface area contributed by atoms with Gasteiger partial charge < -0.3 is 20.5 Å². The zero-order valence-electron chi connectivity index (χ0n) is 10.7. The van der Waals surface area contributed by atoms with Crippen molar-refractivity contribution < 1.29 is 14.3 Å². The molecule has 0 radical (unpaired) electrons. The normalized spacial score (nSPS) is 11.1. The molecule has 0 aliphatic heterocycles. The predicted molar refractivity (Wildman–Crippen MR) is 72.3 cm³/mol. The number of methoxy groups -OCH3 is 2. The topological polar surface area (TPSA) is 73.6 Å². The first kappa shape index (κ1) is 16.5. The van der Waals surface area contributed by atoms with Gasteiger partial charge in [-0.05, 0) is 13.0 Å². The molecule has 1 atom stereocenters. The highest BCUT2D eigenvalue weighted by Crippen LogP contribution is 2.30. The Bertz CT molecular complexity index is 397. The third kappa shape index (κ3) is 4.09. The number of nitrogens with two attached hydrogens (primary N) is 1. The smallest absolute Gasteiger partial charge is 0.236 e. The van der Waals surface area contributed by atoms with Crippen LogP contribution in [0.2, 0.25) is 0 Å². The first-order chi connectivity index (χ1) is 8.10. The summed E-state index contributed by atoms with van der Waals surface area (Å²) >= 11 is 0. The van der Waals surface area contributed by atoms with E-state index in [1.807, 2.05) is 12.1 Å². The number of carbonyl (C=O) groups is 1. The molecule has 0 aliphatic carbocycles. The second-order valence-electron chi connectivity index (χ2n) is 3.66. The Balaban J connectivity index is 0.00000289. The van der Waals surface area contributed by atoms with E-state index < -0.39 is 6.04 Å². The summed E-state index contributed by atoms with van der Waals surface area (Å²) in [5.41, 5.74) is 6.31. The first-order valence-corrected chi connectivity index (χ1v) is 5.33. The number of para-hydroxylation sites is 1. The van der Waals surface area contributed by atoms with Crippen molar-refractivity contribution in [1.82, 2.24) is 5.32 Å². The Hall–Kier alpha value is -1.46. The lowest BCUT2D eigenvalue weighted by molar-refractivity contribution is -0.122. The van der Waals surface area contributed by atoms with Crippen molar-refractivity contribution in [2.24, 2.45) is 5.73 Å². The van der Waals surface area contributed by atoms with Crippen LogP contribution in [0.5, 0.6) is 11.5 Å². The van der Waals surface area contributed by atoms with Gasteiger partial charge in [-0.15, -0.1) is 12.4 Å². The second-order valence-corrected chi connectivity index (χ2v) is 3.66. The number of carbonyl (C=O) groups excluding carboxylic acids is 1. The Morgan fingerprint density at radius 1 is 1.39 bits per heavy atom. The third-order valence-corrected chi connectivity index (χ3v) is 2.35. The molecule has 0 aliphatic rings. The molecular weight excluding hydrogens is 256 g/mol. The number of amides is 1. The number of hydrogen-bond acceptors (Lipinski definition) is 4. The number of nitrogens with one attached hydrogen (secondary N) is 1. The number of benzene rings is 1. The Labute approximate surface area is 113 Å². The molecule has 0 bridgehead atoms. The van der Waals surface area contributed by atoms with Gasteiger partial charge >= 0.3 is 0 Å². The molecule has 1 aromatic rings. The Morgan fingerprint density at radius 2 is 2.06 bits per heavy atom. The largest absolute Gasteiger partial charge is 0.493 e. The molecule has 0 fully saturated rings. The fourth-order valence-electron chi connectivity index (χ4n) is 1.44. The molecule has 102 valence electrons. The van der Waals surface area contributed by atoms with Gasteiger partial charge in [-0.2, -0.15) is 0 Å².